The Balaban J connectivity index is 1.75. The molecule has 4 aromatic rings. The number of nitrogens with one attached hydrogen (secondary N) is 1. The van der Waals surface area contributed by atoms with Crippen molar-refractivity contribution >= 4 is 28.2 Å². The van der Waals surface area contributed by atoms with Crippen LogP contribution in [0.2, 0.25) is 0 Å². The minimum absolute atomic E-state index is 0.650. The summed E-state index contributed by atoms with van der Waals surface area (Å²) in [6.45, 7) is 2.63. The summed E-state index contributed by atoms with van der Waals surface area (Å²) < 4.78 is 7.69. The first-order chi connectivity index (χ1) is 14.3. The van der Waals surface area contributed by atoms with Crippen molar-refractivity contribution in [3.05, 3.63) is 65.2 Å². The second-order valence-corrected chi connectivity index (χ2v) is 7.34. The molecule has 1 aliphatic carbocycles. The summed E-state index contributed by atoms with van der Waals surface area (Å²) in [7, 11) is 0. The molecule has 2 aromatic carbocycles. The standard InChI is InChI=1S/C24H22N4O/c1-2-29-17-13-11-16(12-14-17)26-23-19-8-4-3-7-18(19)20(15-25)24-27-21-9-5-6-10-22(21)28(23)24/h5-6,9-14,26H,2-4,7-8H2,1H3. The molecule has 0 saturated heterocycles. The van der Waals surface area contributed by atoms with Crippen LogP contribution in [0.1, 0.15) is 36.5 Å². The van der Waals surface area contributed by atoms with Crippen LogP contribution in [0, 0.1) is 11.3 Å². The Kier molecular flexibility index (Phi) is 4.33. The molecule has 0 radical (unpaired) electrons. The Hall–Kier alpha value is -3.52. The van der Waals surface area contributed by atoms with Crippen molar-refractivity contribution in [1.82, 2.24) is 9.38 Å². The maximum atomic E-state index is 9.94. The highest BCUT2D eigenvalue weighted by molar-refractivity contribution is 5.87. The van der Waals surface area contributed by atoms with Crippen LogP contribution in [-0.4, -0.2) is 16.0 Å². The van der Waals surface area contributed by atoms with E-state index in [2.05, 4.69) is 21.9 Å². The van der Waals surface area contributed by atoms with Gasteiger partial charge in [0.05, 0.1) is 23.2 Å². The number of hydrogen-bond donors (Lipinski definition) is 1. The molecule has 0 fully saturated rings. The van der Waals surface area contributed by atoms with Crippen molar-refractivity contribution in [3.8, 4) is 11.8 Å². The van der Waals surface area contributed by atoms with Crippen LogP contribution in [0.15, 0.2) is 48.5 Å². The van der Waals surface area contributed by atoms with Gasteiger partial charge in [-0.2, -0.15) is 5.26 Å². The number of ether oxygens (including phenoxy) is 1. The molecule has 1 aliphatic rings. The van der Waals surface area contributed by atoms with Gasteiger partial charge in [0, 0.05) is 5.69 Å². The van der Waals surface area contributed by atoms with Gasteiger partial charge in [-0.25, -0.2) is 4.98 Å². The van der Waals surface area contributed by atoms with Crippen molar-refractivity contribution in [2.24, 2.45) is 0 Å². The monoisotopic (exact) mass is 382 g/mol. The molecular formula is C24H22N4O. The molecule has 0 unspecified atom stereocenters. The maximum Gasteiger partial charge on any atom is 0.157 e. The fourth-order valence-electron chi connectivity index (χ4n) is 4.32. The van der Waals surface area contributed by atoms with Crippen LogP contribution < -0.4 is 10.1 Å². The van der Waals surface area contributed by atoms with Crippen LogP contribution >= 0.6 is 0 Å². The molecule has 5 heteroatoms. The van der Waals surface area contributed by atoms with Crippen molar-refractivity contribution in [2.75, 3.05) is 11.9 Å². The number of anilines is 2. The van der Waals surface area contributed by atoms with E-state index in [0.29, 0.717) is 12.2 Å². The first-order valence-electron chi connectivity index (χ1n) is 10.1. The number of imidazole rings is 1. The average Bonchev–Trinajstić information content (AvgIpc) is 3.14. The molecule has 0 aliphatic heterocycles. The van der Waals surface area contributed by atoms with E-state index in [4.69, 9.17) is 9.72 Å². The SMILES string of the molecule is CCOc1ccc(Nc2c3c(c(C#N)c4nc5ccccc5n24)CCCC3)cc1. The highest BCUT2D eigenvalue weighted by Crippen LogP contribution is 2.37. The molecule has 5 rings (SSSR count). The Morgan fingerprint density at radius 3 is 2.59 bits per heavy atom. The number of nitrogens with zero attached hydrogens (tertiary/aromatic N) is 3. The minimum Gasteiger partial charge on any atom is -0.494 e. The number of para-hydroxylation sites is 2. The number of fused-ring (bicyclic) bond motifs is 4. The van der Waals surface area contributed by atoms with Gasteiger partial charge in [-0.3, -0.25) is 4.40 Å². The largest absolute Gasteiger partial charge is 0.494 e. The molecule has 0 spiro atoms. The lowest BCUT2D eigenvalue weighted by Gasteiger charge is -2.23. The van der Waals surface area contributed by atoms with Crippen LogP contribution in [0.4, 0.5) is 11.5 Å². The molecule has 5 nitrogen and oxygen atoms in total. The van der Waals surface area contributed by atoms with E-state index in [1.165, 1.54) is 5.56 Å². The normalized spacial score (nSPS) is 13.2. The van der Waals surface area contributed by atoms with Gasteiger partial charge >= 0.3 is 0 Å². The van der Waals surface area contributed by atoms with Gasteiger partial charge in [-0.05, 0) is 80.1 Å². The van der Waals surface area contributed by atoms with E-state index in [1.54, 1.807) is 0 Å². The second-order valence-electron chi connectivity index (χ2n) is 7.34. The number of nitriles is 1. The van der Waals surface area contributed by atoms with Crippen molar-refractivity contribution < 1.29 is 4.74 Å². The van der Waals surface area contributed by atoms with E-state index in [9.17, 15) is 5.26 Å². The van der Waals surface area contributed by atoms with Gasteiger partial charge in [-0.15, -0.1) is 0 Å². The molecule has 0 bridgehead atoms. The Morgan fingerprint density at radius 2 is 1.83 bits per heavy atom. The first kappa shape index (κ1) is 17.6. The molecule has 2 aromatic heterocycles. The van der Waals surface area contributed by atoms with Crippen LogP contribution in [0.5, 0.6) is 5.75 Å². The summed E-state index contributed by atoms with van der Waals surface area (Å²) in [4.78, 5) is 4.82. The predicted octanol–water partition coefficient (Wildman–Crippen LogP) is 5.38. The Labute approximate surface area is 169 Å². The third-order valence-corrected chi connectivity index (χ3v) is 5.60. The first-order valence-corrected chi connectivity index (χ1v) is 10.1. The lowest BCUT2D eigenvalue weighted by atomic mass is 9.89. The Bertz CT molecular complexity index is 1250. The molecule has 29 heavy (non-hydrogen) atoms. The average molecular weight is 382 g/mol. The summed E-state index contributed by atoms with van der Waals surface area (Å²) in [5.74, 6) is 1.88. The number of aromatic nitrogens is 2. The summed E-state index contributed by atoms with van der Waals surface area (Å²) in [5, 5.41) is 13.6. The zero-order valence-corrected chi connectivity index (χ0v) is 16.4. The minimum atomic E-state index is 0.650. The van der Waals surface area contributed by atoms with Gasteiger partial charge in [-0.1, -0.05) is 12.1 Å². The maximum absolute atomic E-state index is 9.94. The number of benzene rings is 2. The smallest absolute Gasteiger partial charge is 0.157 e. The molecule has 1 N–H and O–H groups in total. The lowest BCUT2D eigenvalue weighted by molar-refractivity contribution is 0.340. The predicted molar refractivity (Wildman–Crippen MR) is 115 cm³/mol. The zero-order chi connectivity index (χ0) is 19.8. The van der Waals surface area contributed by atoms with Crippen molar-refractivity contribution in [3.63, 3.8) is 0 Å². The van der Waals surface area contributed by atoms with Crippen molar-refractivity contribution in [1.29, 1.82) is 5.26 Å². The van der Waals surface area contributed by atoms with Gasteiger partial charge in [0.1, 0.15) is 17.6 Å². The molecular weight excluding hydrogens is 360 g/mol. The van der Waals surface area contributed by atoms with Crippen LogP contribution in [-0.2, 0) is 12.8 Å². The van der Waals surface area contributed by atoms with E-state index in [-0.39, 0.29) is 0 Å². The van der Waals surface area contributed by atoms with Crippen LogP contribution in [0.3, 0.4) is 0 Å². The lowest BCUT2D eigenvalue weighted by Crippen LogP contribution is -2.13. The molecule has 0 saturated carbocycles. The van der Waals surface area contributed by atoms with Gasteiger partial charge in [0.15, 0.2) is 5.65 Å². The van der Waals surface area contributed by atoms with Gasteiger partial charge < -0.3 is 10.1 Å². The third kappa shape index (κ3) is 2.89. The quantitative estimate of drug-likeness (QED) is 0.515. The van der Waals surface area contributed by atoms with E-state index >= 15 is 0 Å². The highest BCUT2D eigenvalue weighted by atomic mass is 16.5. The third-order valence-electron chi connectivity index (χ3n) is 5.60. The molecule has 2 heterocycles. The summed E-state index contributed by atoms with van der Waals surface area (Å²) in [6, 6.07) is 18.5. The highest BCUT2D eigenvalue weighted by Gasteiger charge is 2.24. The Morgan fingerprint density at radius 1 is 1.07 bits per heavy atom. The number of hydrogen-bond acceptors (Lipinski definition) is 4. The van der Waals surface area contributed by atoms with Crippen molar-refractivity contribution in [2.45, 2.75) is 32.6 Å². The van der Waals surface area contributed by atoms with E-state index in [1.807, 2.05) is 49.4 Å². The topological polar surface area (TPSA) is 62.3 Å². The fraction of sp³-hybridized carbons (Fsp3) is 0.250. The van der Waals surface area contributed by atoms with E-state index in [0.717, 1.165) is 65.2 Å². The molecule has 144 valence electrons. The van der Waals surface area contributed by atoms with E-state index < -0.39 is 0 Å². The fourth-order valence-corrected chi connectivity index (χ4v) is 4.32. The zero-order valence-electron chi connectivity index (χ0n) is 16.4. The summed E-state index contributed by atoms with van der Waals surface area (Å²) in [5.41, 5.74) is 6.75. The number of pyridine rings is 1. The van der Waals surface area contributed by atoms with Gasteiger partial charge in [0.2, 0.25) is 0 Å². The van der Waals surface area contributed by atoms with Gasteiger partial charge in [0.25, 0.3) is 0 Å². The van der Waals surface area contributed by atoms with Crippen LogP contribution in [0.25, 0.3) is 16.7 Å². The second kappa shape index (κ2) is 7.14. The molecule has 0 amide bonds. The molecule has 0 atom stereocenters. The summed E-state index contributed by atoms with van der Waals surface area (Å²) >= 11 is 0. The number of rotatable bonds is 4. The summed E-state index contributed by atoms with van der Waals surface area (Å²) in [6.07, 6.45) is 4.14.